The van der Waals surface area contributed by atoms with Crippen LogP contribution in [-0.2, 0) is 0 Å². The largest absolute Gasteiger partial charge is 0.390 e. The van der Waals surface area contributed by atoms with E-state index in [0.29, 0.717) is 5.92 Å². The van der Waals surface area contributed by atoms with E-state index in [9.17, 15) is 13.2 Å². The van der Waals surface area contributed by atoms with Crippen molar-refractivity contribution in [2.75, 3.05) is 33.2 Å². The number of nitrogens with one attached hydrogen (secondary N) is 1. The minimum Gasteiger partial charge on any atom is -0.319 e. The third kappa shape index (κ3) is 3.95. The highest BCUT2D eigenvalue weighted by Crippen LogP contribution is 2.22. The summed E-state index contributed by atoms with van der Waals surface area (Å²) in [6, 6.07) is 0. The van der Waals surface area contributed by atoms with Gasteiger partial charge in [-0.2, -0.15) is 13.2 Å². The topological polar surface area (TPSA) is 15.3 Å². The quantitative estimate of drug-likeness (QED) is 0.724. The second kappa shape index (κ2) is 4.28. The van der Waals surface area contributed by atoms with Gasteiger partial charge in [-0.05, 0) is 13.0 Å². The first-order valence-electron chi connectivity index (χ1n) is 4.45. The summed E-state index contributed by atoms with van der Waals surface area (Å²) in [5.74, 6) is 0.540. The molecule has 1 saturated heterocycles. The number of hydrogen-bond donors (Lipinski definition) is 1. The molecule has 13 heavy (non-hydrogen) atoms. The number of likely N-dealkylation sites (tertiary alicyclic amines) is 1. The molecule has 78 valence electrons. The Morgan fingerprint density at radius 3 is 2.46 bits per heavy atom. The molecular formula is C8H15F3N2. The van der Waals surface area contributed by atoms with Crippen molar-refractivity contribution in [3.63, 3.8) is 0 Å². The van der Waals surface area contributed by atoms with Crippen LogP contribution in [0.2, 0.25) is 0 Å². The van der Waals surface area contributed by atoms with E-state index in [1.807, 2.05) is 11.9 Å². The van der Waals surface area contributed by atoms with E-state index in [-0.39, 0.29) is 6.54 Å². The van der Waals surface area contributed by atoms with Crippen LogP contribution in [0.4, 0.5) is 13.2 Å². The van der Waals surface area contributed by atoms with Crippen molar-refractivity contribution >= 4 is 0 Å². The zero-order chi connectivity index (χ0) is 9.90. The van der Waals surface area contributed by atoms with E-state index in [2.05, 4.69) is 5.32 Å². The Bertz CT molecular complexity index is 152. The molecule has 1 aliphatic heterocycles. The van der Waals surface area contributed by atoms with Crippen LogP contribution in [0.5, 0.6) is 0 Å². The van der Waals surface area contributed by atoms with E-state index in [4.69, 9.17) is 0 Å². The molecule has 5 heteroatoms. The van der Waals surface area contributed by atoms with Gasteiger partial charge in [-0.3, -0.25) is 0 Å². The number of rotatable bonds is 4. The van der Waals surface area contributed by atoms with Crippen LogP contribution in [0.25, 0.3) is 0 Å². The summed E-state index contributed by atoms with van der Waals surface area (Å²) in [6.45, 7) is 2.67. The number of alkyl halides is 3. The Labute approximate surface area is 76.1 Å². The molecule has 1 fully saturated rings. The van der Waals surface area contributed by atoms with Gasteiger partial charge in [-0.25, -0.2) is 0 Å². The summed E-state index contributed by atoms with van der Waals surface area (Å²) < 4.78 is 35.3. The molecule has 0 amide bonds. The molecule has 0 saturated carbocycles. The summed E-state index contributed by atoms with van der Waals surface area (Å²) in [5.41, 5.74) is 0. The van der Waals surface area contributed by atoms with Crippen LogP contribution in [0.1, 0.15) is 6.42 Å². The van der Waals surface area contributed by atoms with Gasteiger partial charge in [0.1, 0.15) is 0 Å². The number of nitrogens with zero attached hydrogens (tertiary/aromatic N) is 1. The van der Waals surface area contributed by atoms with Crippen molar-refractivity contribution in [3.05, 3.63) is 0 Å². The van der Waals surface area contributed by atoms with Gasteiger partial charge in [0.2, 0.25) is 0 Å². The van der Waals surface area contributed by atoms with Crippen molar-refractivity contribution in [1.29, 1.82) is 0 Å². The first-order valence-corrected chi connectivity index (χ1v) is 4.45. The maximum absolute atomic E-state index is 11.8. The average Bonchev–Trinajstić information content (AvgIpc) is 1.91. The molecule has 1 rings (SSSR count). The molecule has 1 N–H and O–H groups in total. The summed E-state index contributed by atoms with van der Waals surface area (Å²) in [7, 11) is 1.86. The molecule has 0 aromatic rings. The lowest BCUT2D eigenvalue weighted by molar-refractivity contribution is -0.141. The molecule has 0 atom stereocenters. The molecular weight excluding hydrogens is 181 g/mol. The lowest BCUT2D eigenvalue weighted by Crippen LogP contribution is -2.51. The maximum atomic E-state index is 11.8. The van der Waals surface area contributed by atoms with Gasteiger partial charge in [0.15, 0.2) is 0 Å². The Balaban J connectivity index is 2.02. The molecule has 2 nitrogen and oxygen atoms in total. The Hall–Kier alpha value is -0.290. The molecule has 0 spiro atoms. The number of hydrogen-bond acceptors (Lipinski definition) is 2. The van der Waals surface area contributed by atoms with Crippen LogP contribution in [0.3, 0.4) is 0 Å². The summed E-state index contributed by atoms with van der Waals surface area (Å²) >= 11 is 0. The van der Waals surface area contributed by atoms with Crippen molar-refractivity contribution in [2.24, 2.45) is 5.92 Å². The lowest BCUT2D eigenvalue weighted by Gasteiger charge is -2.39. The van der Waals surface area contributed by atoms with Gasteiger partial charge in [0.25, 0.3) is 0 Å². The van der Waals surface area contributed by atoms with Crippen LogP contribution in [0, 0.1) is 5.92 Å². The van der Waals surface area contributed by atoms with Crippen molar-refractivity contribution < 1.29 is 13.2 Å². The third-order valence-electron chi connectivity index (χ3n) is 2.24. The maximum Gasteiger partial charge on any atom is 0.390 e. The van der Waals surface area contributed by atoms with Gasteiger partial charge in [-0.15, -0.1) is 0 Å². The van der Waals surface area contributed by atoms with E-state index in [0.717, 1.165) is 19.6 Å². The SMILES string of the molecule is CNCC1CN(CCC(F)(F)F)C1. The van der Waals surface area contributed by atoms with Crippen LogP contribution in [0.15, 0.2) is 0 Å². The highest BCUT2D eigenvalue weighted by atomic mass is 19.4. The molecule has 1 heterocycles. The number of halogens is 3. The highest BCUT2D eigenvalue weighted by molar-refractivity contribution is 4.81. The smallest absolute Gasteiger partial charge is 0.319 e. The normalized spacial score (nSPS) is 20.3. The van der Waals surface area contributed by atoms with Gasteiger partial charge in [-0.1, -0.05) is 0 Å². The van der Waals surface area contributed by atoms with Crippen LogP contribution >= 0.6 is 0 Å². The van der Waals surface area contributed by atoms with Gasteiger partial charge >= 0.3 is 6.18 Å². The molecule has 0 radical (unpaired) electrons. The van der Waals surface area contributed by atoms with E-state index in [1.165, 1.54) is 0 Å². The van der Waals surface area contributed by atoms with Gasteiger partial charge in [0.05, 0.1) is 6.42 Å². The average molecular weight is 196 g/mol. The van der Waals surface area contributed by atoms with Crippen molar-refractivity contribution in [2.45, 2.75) is 12.6 Å². The van der Waals surface area contributed by atoms with Gasteiger partial charge < -0.3 is 10.2 Å². The van der Waals surface area contributed by atoms with Crippen LogP contribution in [-0.4, -0.2) is 44.3 Å². The molecule has 0 aliphatic carbocycles. The standard InChI is InChI=1S/C8H15F3N2/c1-12-4-7-5-13(6-7)3-2-8(9,10)11/h7,12H,2-6H2,1H3. The minimum atomic E-state index is -4.01. The second-order valence-electron chi connectivity index (χ2n) is 3.55. The first-order chi connectivity index (χ1) is 6.01. The molecule has 0 bridgehead atoms. The fourth-order valence-corrected chi connectivity index (χ4v) is 1.56. The Morgan fingerprint density at radius 1 is 1.38 bits per heavy atom. The fourth-order valence-electron chi connectivity index (χ4n) is 1.56. The Morgan fingerprint density at radius 2 is 2.00 bits per heavy atom. The molecule has 1 aliphatic rings. The molecule has 0 unspecified atom stereocenters. The molecule has 0 aromatic carbocycles. The van der Waals surface area contributed by atoms with Crippen LogP contribution < -0.4 is 5.32 Å². The fraction of sp³-hybridized carbons (Fsp3) is 1.00. The summed E-state index contributed by atoms with van der Waals surface area (Å²) in [6.07, 6.45) is -4.69. The minimum absolute atomic E-state index is 0.156. The van der Waals surface area contributed by atoms with Gasteiger partial charge in [0, 0.05) is 26.2 Å². The predicted octanol–water partition coefficient (Wildman–Crippen LogP) is 1.09. The predicted molar refractivity (Wildman–Crippen MR) is 44.5 cm³/mol. The van der Waals surface area contributed by atoms with E-state index >= 15 is 0 Å². The summed E-state index contributed by atoms with van der Waals surface area (Å²) in [5, 5.41) is 3.01. The Kier molecular flexibility index (Phi) is 3.55. The lowest BCUT2D eigenvalue weighted by atomic mass is 10.0. The monoisotopic (exact) mass is 196 g/mol. The summed E-state index contributed by atoms with van der Waals surface area (Å²) in [4.78, 5) is 1.84. The first kappa shape index (κ1) is 10.8. The zero-order valence-electron chi connectivity index (χ0n) is 7.69. The van der Waals surface area contributed by atoms with E-state index in [1.54, 1.807) is 0 Å². The van der Waals surface area contributed by atoms with Crippen molar-refractivity contribution in [1.82, 2.24) is 10.2 Å². The molecule has 0 aromatic heterocycles. The highest BCUT2D eigenvalue weighted by Gasteiger charge is 2.31. The van der Waals surface area contributed by atoms with E-state index < -0.39 is 12.6 Å². The van der Waals surface area contributed by atoms with Crippen molar-refractivity contribution in [3.8, 4) is 0 Å². The third-order valence-corrected chi connectivity index (χ3v) is 2.24. The zero-order valence-corrected chi connectivity index (χ0v) is 7.69. The second-order valence-corrected chi connectivity index (χ2v) is 3.55.